The summed E-state index contributed by atoms with van der Waals surface area (Å²) >= 11 is 1.61. The van der Waals surface area contributed by atoms with E-state index in [1.807, 2.05) is 6.08 Å². The van der Waals surface area contributed by atoms with E-state index in [1.165, 1.54) is 23.1 Å². The van der Waals surface area contributed by atoms with Crippen LogP contribution in [0.5, 0.6) is 0 Å². The first-order valence-electron chi connectivity index (χ1n) is 8.04. The zero-order valence-corrected chi connectivity index (χ0v) is 13.9. The number of aromatic nitrogens is 1. The number of carbonyl (C=O) groups is 1. The fraction of sp³-hybridized carbons (Fsp3) is 0.444. The van der Waals surface area contributed by atoms with E-state index in [0.29, 0.717) is 6.54 Å². The van der Waals surface area contributed by atoms with Gasteiger partial charge in [0, 0.05) is 12.5 Å². The monoisotopic (exact) mass is 314 g/mol. The van der Waals surface area contributed by atoms with Gasteiger partial charge in [-0.25, -0.2) is 0 Å². The van der Waals surface area contributed by atoms with E-state index < -0.39 is 0 Å². The van der Waals surface area contributed by atoms with Crippen LogP contribution in [0.1, 0.15) is 38.2 Å². The van der Waals surface area contributed by atoms with Crippen LogP contribution in [0.3, 0.4) is 0 Å². The van der Waals surface area contributed by atoms with Crippen molar-refractivity contribution in [3.63, 3.8) is 0 Å². The number of benzene rings is 1. The van der Waals surface area contributed by atoms with Crippen molar-refractivity contribution in [2.24, 2.45) is 10.9 Å². The number of rotatable bonds is 6. The minimum atomic E-state index is 0.0376. The normalized spacial score (nSPS) is 15.4. The molecule has 116 valence electrons. The lowest BCUT2D eigenvalue weighted by Gasteiger charge is -2.03. The Bertz CT molecular complexity index is 765. The highest BCUT2D eigenvalue weighted by Gasteiger charge is 2.29. The zero-order chi connectivity index (χ0) is 15.5. The van der Waals surface area contributed by atoms with Crippen molar-refractivity contribution in [1.29, 1.82) is 0 Å². The van der Waals surface area contributed by atoms with Crippen LogP contribution in [0.4, 0.5) is 0 Å². The Morgan fingerprint density at radius 2 is 2.32 bits per heavy atom. The second kappa shape index (κ2) is 6.61. The summed E-state index contributed by atoms with van der Waals surface area (Å²) in [5.41, 5.74) is 2.51. The molecule has 0 unspecified atom stereocenters. The molecule has 3 nitrogen and oxygen atoms in total. The number of amides is 1. The van der Waals surface area contributed by atoms with Crippen LogP contribution in [0.15, 0.2) is 35.8 Å². The maximum atomic E-state index is 12.0. The molecular formula is C18H22N2OS. The summed E-state index contributed by atoms with van der Waals surface area (Å²) in [5.74, 6) is 0.207. The number of carbonyl (C=O) groups excluding carboxylic acids is 1. The van der Waals surface area contributed by atoms with Gasteiger partial charge in [0.1, 0.15) is 0 Å². The molecule has 0 N–H and O–H groups in total. The Hall–Kier alpha value is -1.68. The fourth-order valence-electron chi connectivity index (χ4n) is 2.56. The Morgan fingerprint density at radius 3 is 3.00 bits per heavy atom. The summed E-state index contributed by atoms with van der Waals surface area (Å²) < 4.78 is 3.30. The molecule has 1 aliphatic rings. The zero-order valence-electron chi connectivity index (χ0n) is 13.0. The number of fused-ring (bicyclic) bond motifs is 1. The van der Waals surface area contributed by atoms with Gasteiger partial charge < -0.3 is 4.57 Å². The Labute approximate surface area is 135 Å². The summed E-state index contributed by atoms with van der Waals surface area (Å²) in [7, 11) is 0. The van der Waals surface area contributed by atoms with Crippen molar-refractivity contribution in [2.75, 3.05) is 0 Å². The molecule has 0 spiro atoms. The summed E-state index contributed by atoms with van der Waals surface area (Å²) in [5, 5.41) is 0. The van der Waals surface area contributed by atoms with E-state index in [9.17, 15) is 4.79 Å². The second-order valence-electron chi connectivity index (χ2n) is 5.91. The molecule has 1 aromatic heterocycles. The van der Waals surface area contributed by atoms with E-state index in [-0.39, 0.29) is 11.8 Å². The van der Waals surface area contributed by atoms with Gasteiger partial charge in [-0.15, -0.1) is 6.58 Å². The van der Waals surface area contributed by atoms with Crippen molar-refractivity contribution in [2.45, 2.75) is 45.6 Å². The number of unbranched alkanes of at least 4 members (excludes halogenated alkanes) is 1. The lowest BCUT2D eigenvalue weighted by Crippen LogP contribution is -2.16. The van der Waals surface area contributed by atoms with Crippen LogP contribution >= 0.6 is 11.3 Å². The van der Waals surface area contributed by atoms with E-state index >= 15 is 0 Å². The minimum Gasteiger partial charge on any atom is -0.313 e. The maximum absolute atomic E-state index is 12.0. The molecule has 4 heteroatoms. The standard InChI is InChI=1S/C18H22N2OS/c1-3-5-6-13-7-10-15-16(12-13)22-18(20(15)11-4-2)19-17(21)14-8-9-14/h4,7,10,12,14H,2-3,5-6,8-9,11H2,1H3. The Balaban J connectivity index is 2.04. The number of hydrogen-bond donors (Lipinski definition) is 0. The predicted octanol–water partition coefficient (Wildman–Crippen LogP) is 4.07. The topological polar surface area (TPSA) is 34.4 Å². The van der Waals surface area contributed by atoms with Gasteiger partial charge in [-0.05, 0) is 43.4 Å². The first kappa shape index (κ1) is 15.2. The first-order valence-corrected chi connectivity index (χ1v) is 8.86. The van der Waals surface area contributed by atoms with Gasteiger partial charge >= 0.3 is 0 Å². The van der Waals surface area contributed by atoms with E-state index in [4.69, 9.17) is 0 Å². The molecule has 3 rings (SSSR count). The molecule has 0 radical (unpaired) electrons. The maximum Gasteiger partial charge on any atom is 0.251 e. The SMILES string of the molecule is C=CCn1c(=NC(=O)C2CC2)sc2cc(CCCC)ccc21. The summed E-state index contributed by atoms with van der Waals surface area (Å²) in [4.78, 5) is 17.2. The van der Waals surface area contributed by atoms with E-state index in [0.717, 1.165) is 29.6 Å². The highest BCUT2D eigenvalue weighted by Crippen LogP contribution is 2.30. The smallest absolute Gasteiger partial charge is 0.251 e. The van der Waals surface area contributed by atoms with Gasteiger partial charge in [0.2, 0.25) is 0 Å². The lowest BCUT2D eigenvalue weighted by molar-refractivity contribution is -0.119. The van der Waals surface area contributed by atoms with Crippen LogP contribution < -0.4 is 4.80 Å². The summed E-state index contributed by atoms with van der Waals surface area (Å²) in [6.07, 6.45) is 7.37. The average Bonchev–Trinajstić information content (AvgIpc) is 3.31. The molecule has 22 heavy (non-hydrogen) atoms. The second-order valence-corrected chi connectivity index (χ2v) is 6.92. The number of nitrogens with zero attached hydrogens (tertiary/aromatic N) is 2. The fourth-order valence-corrected chi connectivity index (χ4v) is 3.67. The Morgan fingerprint density at radius 1 is 1.50 bits per heavy atom. The molecule has 1 amide bonds. The highest BCUT2D eigenvalue weighted by molar-refractivity contribution is 7.16. The third-order valence-electron chi connectivity index (χ3n) is 4.01. The highest BCUT2D eigenvalue weighted by atomic mass is 32.1. The van der Waals surface area contributed by atoms with Gasteiger partial charge in [-0.3, -0.25) is 4.79 Å². The van der Waals surface area contributed by atoms with Gasteiger partial charge in [0.05, 0.1) is 10.2 Å². The molecule has 1 heterocycles. The van der Waals surface area contributed by atoms with Gasteiger partial charge in [0.15, 0.2) is 4.80 Å². The molecule has 0 saturated heterocycles. The predicted molar refractivity (Wildman–Crippen MR) is 91.9 cm³/mol. The quantitative estimate of drug-likeness (QED) is 0.740. The average molecular weight is 314 g/mol. The number of allylic oxidation sites excluding steroid dienone is 1. The molecule has 1 saturated carbocycles. The molecular weight excluding hydrogens is 292 g/mol. The van der Waals surface area contributed by atoms with Crippen molar-refractivity contribution in [3.05, 3.63) is 41.2 Å². The van der Waals surface area contributed by atoms with Gasteiger partial charge in [0.25, 0.3) is 5.91 Å². The molecule has 1 aliphatic carbocycles. The van der Waals surface area contributed by atoms with Crippen LogP contribution in [-0.4, -0.2) is 10.5 Å². The van der Waals surface area contributed by atoms with Crippen molar-refractivity contribution in [3.8, 4) is 0 Å². The molecule has 0 aliphatic heterocycles. The summed E-state index contributed by atoms with van der Waals surface area (Å²) in [6.45, 7) is 6.72. The van der Waals surface area contributed by atoms with Crippen molar-refractivity contribution >= 4 is 27.5 Å². The van der Waals surface area contributed by atoms with E-state index in [2.05, 4.69) is 41.3 Å². The van der Waals surface area contributed by atoms with Crippen molar-refractivity contribution < 1.29 is 4.79 Å². The van der Waals surface area contributed by atoms with Gasteiger partial charge in [-0.1, -0.05) is 36.8 Å². The third-order valence-corrected chi connectivity index (χ3v) is 5.05. The molecule has 0 atom stereocenters. The third kappa shape index (κ3) is 3.22. The first-order chi connectivity index (χ1) is 10.7. The van der Waals surface area contributed by atoms with Crippen LogP contribution in [0, 0.1) is 5.92 Å². The number of aryl methyl sites for hydroxylation is 1. The lowest BCUT2D eigenvalue weighted by atomic mass is 10.1. The summed E-state index contributed by atoms with van der Waals surface area (Å²) in [6, 6.07) is 6.59. The molecule has 2 aromatic rings. The van der Waals surface area contributed by atoms with Crippen LogP contribution in [-0.2, 0) is 17.8 Å². The Kier molecular flexibility index (Phi) is 4.57. The van der Waals surface area contributed by atoms with Crippen LogP contribution in [0.2, 0.25) is 0 Å². The number of thiazole rings is 1. The number of hydrogen-bond acceptors (Lipinski definition) is 2. The van der Waals surface area contributed by atoms with Crippen LogP contribution in [0.25, 0.3) is 10.2 Å². The largest absolute Gasteiger partial charge is 0.313 e. The molecule has 0 bridgehead atoms. The van der Waals surface area contributed by atoms with E-state index in [1.54, 1.807) is 11.3 Å². The molecule has 1 fully saturated rings. The molecule has 1 aromatic carbocycles. The van der Waals surface area contributed by atoms with Gasteiger partial charge in [-0.2, -0.15) is 4.99 Å². The minimum absolute atomic E-state index is 0.0376. The van der Waals surface area contributed by atoms with Crippen molar-refractivity contribution in [1.82, 2.24) is 4.57 Å².